The third kappa shape index (κ3) is 7.85. The molecule has 0 spiro atoms. The van der Waals surface area contributed by atoms with Crippen LogP contribution in [0.5, 0.6) is 0 Å². The maximum atomic E-state index is 12.4. The molecule has 0 aliphatic heterocycles. The van der Waals surface area contributed by atoms with Gasteiger partial charge in [-0.2, -0.15) is 0 Å². The molecule has 0 aliphatic rings. The zero-order valence-electron chi connectivity index (χ0n) is 17.3. The third-order valence-electron chi connectivity index (χ3n) is 3.84. The van der Waals surface area contributed by atoms with E-state index >= 15 is 0 Å². The number of hydrogen-bond donors (Lipinski definition) is 1. The molecule has 0 bridgehead atoms. The van der Waals surface area contributed by atoms with Gasteiger partial charge in [0, 0.05) is 32.4 Å². The first-order valence-electron chi connectivity index (χ1n) is 9.29. The number of carboxylic acids is 1. The highest BCUT2D eigenvalue weighted by atomic mass is 16.6. The highest BCUT2D eigenvalue weighted by Crippen LogP contribution is 2.17. The molecule has 0 radical (unpaired) electrons. The zero-order chi connectivity index (χ0) is 21.3. The van der Waals surface area contributed by atoms with Gasteiger partial charge in [0.15, 0.2) is 0 Å². The summed E-state index contributed by atoms with van der Waals surface area (Å²) in [5, 5.41) is 9.06. The second-order valence-electron chi connectivity index (χ2n) is 7.59. The molecule has 0 heterocycles. The Bertz CT molecular complexity index is 655. The molecule has 0 aromatic heterocycles. The first-order valence-corrected chi connectivity index (χ1v) is 9.29. The minimum Gasteiger partial charge on any atom is -0.478 e. The van der Waals surface area contributed by atoms with Gasteiger partial charge in [0.05, 0.1) is 12.2 Å². The third-order valence-corrected chi connectivity index (χ3v) is 3.84. The maximum absolute atomic E-state index is 12.4. The molecule has 156 valence electrons. The first-order chi connectivity index (χ1) is 13.1. The van der Waals surface area contributed by atoms with Crippen LogP contribution in [0.1, 0.15) is 44.5 Å². The van der Waals surface area contributed by atoms with Gasteiger partial charge in [-0.1, -0.05) is 6.92 Å². The van der Waals surface area contributed by atoms with Gasteiger partial charge in [0.25, 0.3) is 0 Å². The highest BCUT2D eigenvalue weighted by Gasteiger charge is 2.22. The van der Waals surface area contributed by atoms with Crippen LogP contribution in [0.4, 0.5) is 10.5 Å². The van der Waals surface area contributed by atoms with Crippen LogP contribution < -0.4 is 4.90 Å². The molecule has 8 nitrogen and oxygen atoms in total. The van der Waals surface area contributed by atoms with E-state index < -0.39 is 11.6 Å². The van der Waals surface area contributed by atoms with Gasteiger partial charge in [0.2, 0.25) is 6.41 Å². The fraction of sp³-hybridized carbons (Fsp3) is 0.550. The summed E-state index contributed by atoms with van der Waals surface area (Å²) in [4.78, 5) is 39.6. The van der Waals surface area contributed by atoms with Crippen molar-refractivity contribution in [2.45, 2.75) is 39.7 Å². The van der Waals surface area contributed by atoms with Crippen molar-refractivity contribution >= 4 is 24.2 Å². The van der Waals surface area contributed by atoms with Crippen molar-refractivity contribution in [2.24, 2.45) is 0 Å². The minimum atomic E-state index is -0.998. The van der Waals surface area contributed by atoms with E-state index in [0.717, 1.165) is 18.5 Å². The lowest BCUT2D eigenvalue weighted by Gasteiger charge is -2.32. The molecule has 0 saturated heterocycles. The SMILES string of the molecule is CCCN(CCN(CN(C)C=O)c1ccc(C(=O)O)cc1)C(=O)OC(C)(C)C. The number of anilines is 1. The van der Waals surface area contributed by atoms with E-state index in [9.17, 15) is 14.4 Å². The Balaban J connectivity index is 2.93. The van der Waals surface area contributed by atoms with Crippen molar-refractivity contribution in [1.82, 2.24) is 9.80 Å². The molecule has 1 rings (SSSR count). The molecule has 0 saturated carbocycles. The molecular formula is C20H31N3O5. The van der Waals surface area contributed by atoms with Crippen molar-refractivity contribution in [3.63, 3.8) is 0 Å². The Labute approximate surface area is 166 Å². The predicted octanol–water partition coefficient (Wildman–Crippen LogP) is 2.88. The summed E-state index contributed by atoms with van der Waals surface area (Å²) in [5.41, 5.74) is 0.376. The van der Waals surface area contributed by atoms with Crippen LogP contribution in [0.25, 0.3) is 0 Å². The van der Waals surface area contributed by atoms with Crippen molar-refractivity contribution < 1.29 is 24.2 Å². The Morgan fingerprint density at radius 3 is 2.18 bits per heavy atom. The second kappa shape index (κ2) is 10.5. The number of ether oxygens (including phenoxy) is 1. The lowest BCUT2D eigenvalue weighted by atomic mass is 10.2. The number of nitrogens with zero attached hydrogens (tertiary/aromatic N) is 3. The van der Waals surface area contributed by atoms with Gasteiger partial charge in [-0.15, -0.1) is 0 Å². The first kappa shape index (κ1) is 23.3. The van der Waals surface area contributed by atoms with Crippen molar-refractivity contribution in [3.8, 4) is 0 Å². The molecule has 1 N–H and O–H groups in total. The van der Waals surface area contributed by atoms with Gasteiger partial charge >= 0.3 is 12.1 Å². The molecule has 0 unspecified atom stereocenters. The normalized spacial score (nSPS) is 10.9. The van der Waals surface area contributed by atoms with Gasteiger partial charge in [-0.25, -0.2) is 9.59 Å². The zero-order valence-corrected chi connectivity index (χ0v) is 17.3. The Morgan fingerprint density at radius 2 is 1.71 bits per heavy atom. The lowest BCUT2D eigenvalue weighted by Crippen LogP contribution is -2.44. The summed E-state index contributed by atoms with van der Waals surface area (Å²) < 4.78 is 5.47. The van der Waals surface area contributed by atoms with E-state index in [1.165, 1.54) is 17.0 Å². The average molecular weight is 393 g/mol. The fourth-order valence-electron chi connectivity index (χ4n) is 2.53. The number of benzene rings is 1. The Morgan fingerprint density at radius 1 is 1.11 bits per heavy atom. The van der Waals surface area contributed by atoms with Crippen LogP contribution in [0.2, 0.25) is 0 Å². The summed E-state index contributed by atoms with van der Waals surface area (Å²) >= 11 is 0. The number of rotatable bonds is 10. The van der Waals surface area contributed by atoms with Crippen molar-refractivity contribution in [3.05, 3.63) is 29.8 Å². The van der Waals surface area contributed by atoms with E-state index in [1.807, 2.05) is 32.6 Å². The van der Waals surface area contributed by atoms with E-state index in [0.29, 0.717) is 26.3 Å². The van der Waals surface area contributed by atoms with Crippen LogP contribution in [0, 0.1) is 0 Å². The molecule has 0 atom stereocenters. The summed E-state index contributed by atoms with van der Waals surface area (Å²) in [6.07, 6.45) is 1.14. The topological polar surface area (TPSA) is 90.4 Å². The monoisotopic (exact) mass is 393 g/mol. The second-order valence-corrected chi connectivity index (χ2v) is 7.59. The van der Waals surface area contributed by atoms with Crippen LogP contribution in [-0.2, 0) is 9.53 Å². The summed E-state index contributed by atoms with van der Waals surface area (Å²) in [7, 11) is 1.66. The number of hydrogen-bond acceptors (Lipinski definition) is 5. The van der Waals surface area contributed by atoms with Gasteiger partial charge in [0.1, 0.15) is 5.60 Å². The highest BCUT2D eigenvalue weighted by molar-refractivity contribution is 5.88. The lowest BCUT2D eigenvalue weighted by molar-refractivity contribution is -0.117. The smallest absolute Gasteiger partial charge is 0.410 e. The van der Waals surface area contributed by atoms with E-state index in [-0.39, 0.29) is 11.7 Å². The van der Waals surface area contributed by atoms with Crippen molar-refractivity contribution in [2.75, 3.05) is 38.3 Å². The maximum Gasteiger partial charge on any atom is 0.410 e. The largest absolute Gasteiger partial charge is 0.478 e. The minimum absolute atomic E-state index is 0.189. The molecule has 0 aliphatic carbocycles. The predicted molar refractivity (Wildman–Crippen MR) is 108 cm³/mol. The molecule has 2 amide bonds. The number of carbonyl (C=O) groups excluding carboxylic acids is 2. The summed E-state index contributed by atoms with van der Waals surface area (Å²) in [6, 6.07) is 6.42. The number of carbonyl (C=O) groups is 3. The van der Waals surface area contributed by atoms with Crippen LogP contribution in [0.3, 0.4) is 0 Å². The van der Waals surface area contributed by atoms with E-state index in [2.05, 4.69) is 0 Å². The number of amides is 2. The molecule has 0 fully saturated rings. The van der Waals surface area contributed by atoms with Gasteiger partial charge < -0.3 is 24.5 Å². The number of aromatic carboxylic acids is 1. The van der Waals surface area contributed by atoms with Crippen LogP contribution >= 0.6 is 0 Å². The molecule has 1 aromatic rings. The van der Waals surface area contributed by atoms with E-state index in [4.69, 9.17) is 9.84 Å². The standard InChI is InChI=1S/C20H31N3O5/c1-6-11-22(19(27)28-20(2,3)4)12-13-23(14-21(5)15-24)17-9-7-16(8-10-17)18(25)26/h7-10,15H,6,11-14H2,1-5H3,(H,25,26). The Kier molecular flexibility index (Phi) is 8.76. The summed E-state index contributed by atoms with van der Waals surface area (Å²) in [6.45, 7) is 9.20. The molecule has 8 heteroatoms. The van der Waals surface area contributed by atoms with Gasteiger partial charge in [-0.3, -0.25) is 4.79 Å². The van der Waals surface area contributed by atoms with Crippen molar-refractivity contribution in [1.29, 1.82) is 0 Å². The van der Waals surface area contributed by atoms with Crippen LogP contribution in [0.15, 0.2) is 24.3 Å². The quantitative estimate of drug-likeness (QED) is 0.486. The van der Waals surface area contributed by atoms with E-state index in [1.54, 1.807) is 24.1 Å². The Hall–Kier alpha value is -2.77. The summed E-state index contributed by atoms with van der Waals surface area (Å²) in [5.74, 6) is -0.998. The molecule has 1 aromatic carbocycles. The van der Waals surface area contributed by atoms with Gasteiger partial charge in [-0.05, 0) is 51.5 Å². The molecular weight excluding hydrogens is 362 g/mol. The fourth-order valence-corrected chi connectivity index (χ4v) is 2.53. The molecule has 28 heavy (non-hydrogen) atoms. The average Bonchev–Trinajstić information content (AvgIpc) is 2.62. The van der Waals surface area contributed by atoms with Crippen LogP contribution in [-0.4, -0.2) is 72.3 Å². The number of carboxylic acid groups (broad SMARTS) is 1.